The summed E-state index contributed by atoms with van der Waals surface area (Å²) in [6.45, 7) is 0. The Bertz CT molecular complexity index is 461. The number of nitrogens with zero attached hydrogens (tertiary/aromatic N) is 1. The van der Waals surface area contributed by atoms with Crippen molar-refractivity contribution in [3.05, 3.63) is 23.5 Å². The van der Waals surface area contributed by atoms with Gasteiger partial charge in [-0.2, -0.15) is 0 Å². The van der Waals surface area contributed by atoms with Gasteiger partial charge >= 0.3 is 0 Å². The maximum Gasteiger partial charge on any atom is 0.152 e. The van der Waals surface area contributed by atoms with Gasteiger partial charge in [0.1, 0.15) is 0 Å². The van der Waals surface area contributed by atoms with Crippen LogP contribution in [0.4, 0.5) is 5.69 Å². The molecule has 0 aromatic carbocycles. The van der Waals surface area contributed by atoms with Gasteiger partial charge in [-0.3, -0.25) is 4.98 Å². The molecule has 1 saturated heterocycles. The SMILES string of the molecule is O=S1(=O)CCC(Nc2cnccc2Cl)C1. The molecule has 2 rings (SSSR count). The third-order valence-corrected chi connectivity index (χ3v) is 4.46. The summed E-state index contributed by atoms with van der Waals surface area (Å²) in [5, 5.41) is 3.66. The van der Waals surface area contributed by atoms with Crippen LogP contribution in [0.1, 0.15) is 6.42 Å². The van der Waals surface area contributed by atoms with Crippen molar-refractivity contribution in [2.45, 2.75) is 12.5 Å². The highest BCUT2D eigenvalue weighted by atomic mass is 35.5. The monoisotopic (exact) mass is 246 g/mol. The number of hydrogen-bond donors (Lipinski definition) is 1. The van der Waals surface area contributed by atoms with Crippen molar-refractivity contribution >= 4 is 27.1 Å². The second-order valence-electron chi connectivity index (χ2n) is 3.60. The van der Waals surface area contributed by atoms with Crippen LogP contribution in [0.2, 0.25) is 5.02 Å². The molecule has 1 atom stereocenters. The van der Waals surface area contributed by atoms with E-state index < -0.39 is 9.84 Å². The van der Waals surface area contributed by atoms with Crippen LogP contribution >= 0.6 is 11.6 Å². The Hall–Kier alpha value is -0.810. The first-order chi connectivity index (χ1) is 7.07. The van der Waals surface area contributed by atoms with Crippen LogP contribution < -0.4 is 5.32 Å². The summed E-state index contributed by atoms with van der Waals surface area (Å²) in [6.07, 6.45) is 3.83. The summed E-state index contributed by atoms with van der Waals surface area (Å²) in [4.78, 5) is 3.93. The molecule has 0 spiro atoms. The molecule has 0 radical (unpaired) electrons. The minimum atomic E-state index is -2.85. The third-order valence-electron chi connectivity index (χ3n) is 2.36. The smallest absolute Gasteiger partial charge is 0.152 e. The Kier molecular flexibility index (Phi) is 2.84. The first kappa shape index (κ1) is 10.7. The average molecular weight is 247 g/mol. The molecule has 1 aromatic heterocycles. The highest BCUT2D eigenvalue weighted by Crippen LogP contribution is 2.23. The topological polar surface area (TPSA) is 59.1 Å². The van der Waals surface area contributed by atoms with Gasteiger partial charge in [-0.25, -0.2) is 8.42 Å². The van der Waals surface area contributed by atoms with E-state index in [0.29, 0.717) is 17.1 Å². The number of pyridine rings is 1. The number of rotatable bonds is 2. The highest BCUT2D eigenvalue weighted by Gasteiger charge is 2.27. The summed E-state index contributed by atoms with van der Waals surface area (Å²) in [5.41, 5.74) is 0.696. The van der Waals surface area contributed by atoms with Crippen molar-refractivity contribution in [3.63, 3.8) is 0 Å². The van der Waals surface area contributed by atoms with Crippen LogP contribution in [-0.2, 0) is 9.84 Å². The Balaban J connectivity index is 2.08. The van der Waals surface area contributed by atoms with Crippen LogP contribution in [0.25, 0.3) is 0 Å². The van der Waals surface area contributed by atoms with E-state index in [2.05, 4.69) is 10.3 Å². The first-order valence-corrected chi connectivity index (χ1v) is 6.83. The fourth-order valence-corrected chi connectivity index (χ4v) is 3.45. The number of sulfone groups is 1. The Morgan fingerprint density at radius 1 is 1.53 bits per heavy atom. The zero-order chi connectivity index (χ0) is 10.9. The molecule has 4 nitrogen and oxygen atoms in total. The number of hydrogen-bond acceptors (Lipinski definition) is 4. The van der Waals surface area contributed by atoms with E-state index in [0.717, 1.165) is 0 Å². The Morgan fingerprint density at radius 2 is 2.33 bits per heavy atom. The van der Waals surface area contributed by atoms with Crippen LogP contribution in [0, 0.1) is 0 Å². The van der Waals surface area contributed by atoms with Gasteiger partial charge in [-0.1, -0.05) is 11.6 Å². The average Bonchev–Trinajstić information content (AvgIpc) is 2.50. The van der Waals surface area contributed by atoms with Crippen molar-refractivity contribution in [2.75, 3.05) is 16.8 Å². The van der Waals surface area contributed by atoms with Gasteiger partial charge in [0.05, 0.1) is 28.4 Å². The zero-order valence-electron chi connectivity index (χ0n) is 7.98. The summed E-state index contributed by atoms with van der Waals surface area (Å²) in [6, 6.07) is 1.63. The van der Waals surface area contributed by atoms with E-state index in [1.54, 1.807) is 18.5 Å². The molecule has 15 heavy (non-hydrogen) atoms. The van der Waals surface area contributed by atoms with Crippen molar-refractivity contribution in [2.24, 2.45) is 0 Å². The number of nitrogens with one attached hydrogen (secondary N) is 1. The molecule has 1 aromatic rings. The van der Waals surface area contributed by atoms with Crippen molar-refractivity contribution in [1.29, 1.82) is 0 Å². The van der Waals surface area contributed by atoms with E-state index in [1.807, 2.05) is 0 Å². The second-order valence-corrected chi connectivity index (χ2v) is 6.24. The summed E-state index contributed by atoms with van der Waals surface area (Å²) < 4.78 is 22.5. The molecule has 0 aliphatic carbocycles. The number of halogens is 1. The molecular formula is C9H11ClN2O2S. The van der Waals surface area contributed by atoms with Crippen molar-refractivity contribution in [1.82, 2.24) is 4.98 Å². The molecular weight excluding hydrogens is 236 g/mol. The van der Waals surface area contributed by atoms with Crippen LogP contribution in [-0.4, -0.2) is 30.9 Å². The van der Waals surface area contributed by atoms with Gasteiger partial charge in [0.15, 0.2) is 9.84 Å². The maximum absolute atomic E-state index is 11.2. The minimum absolute atomic E-state index is 0.0447. The fourth-order valence-electron chi connectivity index (χ4n) is 1.61. The van der Waals surface area contributed by atoms with Gasteiger partial charge in [0.2, 0.25) is 0 Å². The zero-order valence-corrected chi connectivity index (χ0v) is 9.55. The highest BCUT2D eigenvalue weighted by molar-refractivity contribution is 7.91. The third kappa shape index (κ3) is 2.60. The van der Waals surface area contributed by atoms with Crippen LogP contribution in [0.15, 0.2) is 18.5 Å². The Labute approximate surface area is 93.6 Å². The van der Waals surface area contributed by atoms with Gasteiger partial charge in [0, 0.05) is 12.2 Å². The van der Waals surface area contributed by atoms with Gasteiger partial charge in [-0.15, -0.1) is 0 Å². The molecule has 0 bridgehead atoms. The molecule has 1 aliphatic heterocycles. The van der Waals surface area contributed by atoms with E-state index in [1.165, 1.54) is 0 Å². The molecule has 82 valence electrons. The van der Waals surface area contributed by atoms with E-state index in [9.17, 15) is 8.42 Å². The van der Waals surface area contributed by atoms with E-state index >= 15 is 0 Å². The van der Waals surface area contributed by atoms with Gasteiger partial charge < -0.3 is 5.32 Å². The lowest BCUT2D eigenvalue weighted by Crippen LogP contribution is -2.20. The molecule has 1 fully saturated rings. The normalized spacial score (nSPS) is 23.9. The van der Waals surface area contributed by atoms with Gasteiger partial charge in [-0.05, 0) is 12.5 Å². The lowest BCUT2D eigenvalue weighted by atomic mass is 10.2. The maximum atomic E-state index is 11.2. The minimum Gasteiger partial charge on any atom is -0.379 e. The lowest BCUT2D eigenvalue weighted by Gasteiger charge is -2.12. The second kappa shape index (κ2) is 3.98. The van der Waals surface area contributed by atoms with Crippen LogP contribution in [0.5, 0.6) is 0 Å². The molecule has 1 aliphatic rings. The first-order valence-electron chi connectivity index (χ1n) is 4.63. The predicted molar refractivity (Wildman–Crippen MR) is 59.9 cm³/mol. The fraction of sp³-hybridized carbons (Fsp3) is 0.444. The quantitative estimate of drug-likeness (QED) is 0.856. The predicted octanol–water partition coefficient (Wildman–Crippen LogP) is 1.33. The largest absolute Gasteiger partial charge is 0.379 e. The molecule has 1 N–H and O–H groups in total. The lowest BCUT2D eigenvalue weighted by molar-refractivity contribution is 0.602. The standard InChI is InChI=1S/C9H11ClN2O2S/c10-8-1-3-11-5-9(8)12-7-2-4-15(13,14)6-7/h1,3,5,7,12H,2,4,6H2. The van der Waals surface area contributed by atoms with E-state index in [4.69, 9.17) is 11.6 Å². The van der Waals surface area contributed by atoms with Crippen LogP contribution in [0.3, 0.4) is 0 Å². The van der Waals surface area contributed by atoms with E-state index in [-0.39, 0.29) is 17.5 Å². The van der Waals surface area contributed by atoms with Crippen molar-refractivity contribution in [3.8, 4) is 0 Å². The summed E-state index contributed by atoms with van der Waals surface area (Å²) >= 11 is 5.92. The number of aromatic nitrogens is 1. The van der Waals surface area contributed by atoms with Gasteiger partial charge in [0.25, 0.3) is 0 Å². The molecule has 0 saturated carbocycles. The molecule has 2 heterocycles. The molecule has 0 amide bonds. The molecule has 1 unspecified atom stereocenters. The summed E-state index contributed by atoms with van der Waals surface area (Å²) in [5.74, 6) is 0.431. The number of anilines is 1. The Morgan fingerprint density at radius 3 is 2.93 bits per heavy atom. The molecule has 6 heteroatoms. The summed E-state index contributed by atoms with van der Waals surface area (Å²) in [7, 11) is -2.85. The van der Waals surface area contributed by atoms with Crippen molar-refractivity contribution < 1.29 is 8.42 Å².